The van der Waals surface area contributed by atoms with Gasteiger partial charge in [0.2, 0.25) is 14.0 Å². The predicted molar refractivity (Wildman–Crippen MR) is 30.9 cm³/mol. The summed E-state index contributed by atoms with van der Waals surface area (Å²) in [6.07, 6.45) is -2.35. The molecule has 0 saturated heterocycles. The molecule has 56 valence electrons. The molecule has 0 saturated carbocycles. The molecule has 0 rings (SSSR count). The Bertz CT molecular complexity index is 165. The van der Waals surface area contributed by atoms with Crippen molar-refractivity contribution in [1.29, 1.82) is 0 Å². The summed E-state index contributed by atoms with van der Waals surface area (Å²) in [5, 5.41) is 16.5. The Morgan fingerprint density at radius 3 is 2.30 bits per heavy atom. The van der Waals surface area contributed by atoms with Gasteiger partial charge < -0.3 is 10.2 Å². The number of aliphatic hydroxyl groups is 1. The maximum atomic E-state index is 10.2. The molecule has 0 fully saturated rings. The number of hydrogen-bond acceptors (Lipinski definition) is 4. The number of carboxylic acid groups (broad SMARTS) is 1. The van der Waals surface area contributed by atoms with E-state index >= 15 is 0 Å². The second-order valence-electron chi connectivity index (χ2n) is 1.54. The van der Waals surface area contributed by atoms with Crippen molar-refractivity contribution in [2.45, 2.75) is 12.5 Å². The van der Waals surface area contributed by atoms with E-state index in [1.165, 1.54) is 0 Å². The maximum absolute atomic E-state index is 10.2. The van der Waals surface area contributed by atoms with Crippen molar-refractivity contribution in [3.63, 3.8) is 0 Å². The van der Waals surface area contributed by atoms with Crippen LogP contribution in [0.4, 0.5) is 0 Å². The zero-order chi connectivity index (χ0) is 8.15. The van der Waals surface area contributed by atoms with Crippen LogP contribution in [0.3, 0.4) is 0 Å². The zero-order valence-electron chi connectivity index (χ0n) is 4.85. The molecule has 6 heteroatoms. The van der Waals surface area contributed by atoms with E-state index in [-0.39, 0.29) is 0 Å². The number of rotatable bonds is 4. The van der Waals surface area contributed by atoms with Gasteiger partial charge in [-0.25, -0.2) is 4.79 Å². The van der Waals surface area contributed by atoms with Crippen LogP contribution in [0.25, 0.3) is 0 Å². The molecular formula is C4H5O5P. The summed E-state index contributed by atoms with van der Waals surface area (Å²) in [4.78, 5) is 20.0. The van der Waals surface area contributed by atoms with Crippen molar-refractivity contribution >= 4 is 20.0 Å². The summed E-state index contributed by atoms with van der Waals surface area (Å²) in [7, 11) is -0.768. The van der Waals surface area contributed by atoms with Gasteiger partial charge in [0.25, 0.3) is 0 Å². The molecule has 0 aliphatic heterocycles. The summed E-state index contributed by atoms with van der Waals surface area (Å²) >= 11 is 0. The molecule has 1 atom stereocenters. The highest BCUT2D eigenvalue weighted by Gasteiger charge is 2.17. The van der Waals surface area contributed by atoms with Gasteiger partial charge in [-0.15, -0.1) is 0 Å². The Kier molecular flexibility index (Phi) is 3.76. The van der Waals surface area contributed by atoms with Crippen LogP contribution in [0.1, 0.15) is 6.42 Å². The lowest BCUT2D eigenvalue weighted by molar-refractivity contribution is -0.148. The van der Waals surface area contributed by atoms with Gasteiger partial charge in [0.05, 0.1) is 6.42 Å². The number of aliphatic hydroxyl groups excluding tert-OH is 1. The quantitative estimate of drug-likeness (QED) is 0.553. The van der Waals surface area contributed by atoms with Gasteiger partial charge in [-0.1, -0.05) is 0 Å². The third-order valence-corrected chi connectivity index (χ3v) is 1.14. The highest BCUT2D eigenvalue weighted by Crippen LogP contribution is 2.02. The van der Waals surface area contributed by atoms with E-state index in [0.29, 0.717) is 0 Å². The predicted octanol–water partition coefficient (Wildman–Crippen LogP) is -0.360. The van der Waals surface area contributed by atoms with Gasteiger partial charge >= 0.3 is 5.97 Å². The number of carbonyl (C=O) groups excluding carboxylic acids is 1. The number of aliphatic carboxylic acids is 1. The summed E-state index contributed by atoms with van der Waals surface area (Å²) in [6.45, 7) is 0. The second kappa shape index (κ2) is 4.09. The van der Waals surface area contributed by atoms with Gasteiger partial charge in [0.15, 0.2) is 6.10 Å². The van der Waals surface area contributed by atoms with Crippen LogP contribution in [-0.2, 0) is 14.2 Å². The molecule has 0 aromatic heterocycles. The van der Waals surface area contributed by atoms with E-state index in [0.717, 1.165) is 0 Å². The first-order chi connectivity index (χ1) is 4.57. The minimum Gasteiger partial charge on any atom is -0.479 e. The van der Waals surface area contributed by atoms with Crippen LogP contribution in [0, 0.1) is 0 Å². The summed E-state index contributed by atoms with van der Waals surface area (Å²) in [5.41, 5.74) is -0.824. The highest BCUT2D eigenvalue weighted by molar-refractivity contribution is 7.46. The van der Waals surface area contributed by atoms with Crippen molar-refractivity contribution in [3.8, 4) is 0 Å². The van der Waals surface area contributed by atoms with E-state index in [4.69, 9.17) is 10.2 Å². The third kappa shape index (κ3) is 3.27. The van der Waals surface area contributed by atoms with E-state index in [1.54, 1.807) is 0 Å². The molecule has 0 spiro atoms. The molecule has 0 aromatic carbocycles. The Balaban J connectivity index is 3.79. The monoisotopic (exact) mass is 164 g/mol. The lowest BCUT2D eigenvalue weighted by atomic mass is 10.3. The van der Waals surface area contributed by atoms with Crippen molar-refractivity contribution in [3.05, 3.63) is 0 Å². The van der Waals surface area contributed by atoms with Crippen LogP contribution in [-0.4, -0.2) is 27.8 Å². The lowest BCUT2D eigenvalue weighted by Crippen LogP contribution is -2.21. The number of hydrogen-bond donors (Lipinski definition) is 2. The first-order valence-corrected chi connectivity index (χ1v) is 3.16. The minimum atomic E-state index is -1.74. The Morgan fingerprint density at radius 2 is 2.00 bits per heavy atom. The topological polar surface area (TPSA) is 91.7 Å². The van der Waals surface area contributed by atoms with Gasteiger partial charge in [-0.2, -0.15) is 0 Å². The van der Waals surface area contributed by atoms with Gasteiger partial charge in [-0.05, 0) is 0 Å². The molecular weight excluding hydrogens is 159 g/mol. The normalized spacial score (nSPS) is 12.9. The third-order valence-electron chi connectivity index (χ3n) is 0.755. The van der Waals surface area contributed by atoms with Crippen LogP contribution < -0.4 is 0 Å². The molecule has 0 aliphatic rings. The molecule has 0 amide bonds. The van der Waals surface area contributed by atoms with Gasteiger partial charge in [0, 0.05) is 0 Å². The maximum Gasteiger partial charge on any atom is 0.333 e. The van der Waals surface area contributed by atoms with Crippen LogP contribution in [0.15, 0.2) is 0 Å². The minimum absolute atomic E-state index is 0.611. The largest absolute Gasteiger partial charge is 0.479 e. The molecule has 0 aromatic rings. The van der Waals surface area contributed by atoms with Crippen LogP contribution in [0.5, 0.6) is 0 Å². The summed E-state index contributed by atoms with van der Waals surface area (Å²) in [6, 6.07) is 0. The van der Waals surface area contributed by atoms with Gasteiger partial charge in [0.1, 0.15) is 0 Å². The SMILES string of the molecule is O=PC(=O)C[C@@H](O)C(=O)O. The van der Waals surface area contributed by atoms with Crippen molar-refractivity contribution in [2.75, 3.05) is 0 Å². The van der Waals surface area contributed by atoms with Gasteiger partial charge in [-0.3, -0.25) is 9.36 Å². The van der Waals surface area contributed by atoms with E-state index in [2.05, 4.69) is 0 Å². The number of carbonyl (C=O) groups is 2. The van der Waals surface area contributed by atoms with E-state index in [9.17, 15) is 14.2 Å². The Hall–Kier alpha value is -0.800. The average Bonchev–Trinajstić information content (AvgIpc) is 1.87. The van der Waals surface area contributed by atoms with E-state index in [1.807, 2.05) is 0 Å². The standard InChI is InChI=1S/C4H5O5P/c5-2(4(7)8)1-3(6)10-9/h2,5H,1H2,(H,7,8)/t2-/m1/s1. The molecule has 0 aliphatic carbocycles. The fourth-order valence-corrected chi connectivity index (χ4v) is 0.537. The van der Waals surface area contributed by atoms with Crippen molar-refractivity contribution in [2.24, 2.45) is 0 Å². The summed E-state index contributed by atoms with van der Waals surface area (Å²) in [5.74, 6) is -1.49. The smallest absolute Gasteiger partial charge is 0.333 e. The molecule has 0 radical (unpaired) electrons. The first-order valence-electron chi connectivity index (χ1n) is 2.35. The molecule has 0 unspecified atom stereocenters. The summed E-state index contributed by atoms with van der Waals surface area (Å²) < 4.78 is 9.71. The molecule has 5 nitrogen and oxygen atoms in total. The van der Waals surface area contributed by atoms with Crippen molar-refractivity contribution in [1.82, 2.24) is 0 Å². The highest BCUT2D eigenvalue weighted by atomic mass is 31.1. The average molecular weight is 164 g/mol. The molecule has 10 heavy (non-hydrogen) atoms. The molecule has 2 N–H and O–H groups in total. The van der Waals surface area contributed by atoms with Crippen LogP contribution >= 0.6 is 8.46 Å². The second-order valence-corrected chi connectivity index (χ2v) is 2.22. The van der Waals surface area contributed by atoms with Crippen molar-refractivity contribution < 1.29 is 24.4 Å². The Labute approximate surface area is 57.9 Å². The zero-order valence-corrected chi connectivity index (χ0v) is 5.75. The molecule has 0 bridgehead atoms. The fraction of sp³-hybridized carbons (Fsp3) is 0.500. The number of carboxylic acids is 1. The van der Waals surface area contributed by atoms with E-state index < -0.39 is 32.5 Å². The van der Waals surface area contributed by atoms with Crippen LogP contribution in [0.2, 0.25) is 0 Å². The fourth-order valence-electron chi connectivity index (χ4n) is 0.290. The molecule has 0 heterocycles. The lowest BCUT2D eigenvalue weighted by Gasteiger charge is -1.97. The Morgan fingerprint density at radius 1 is 1.50 bits per heavy atom. The first kappa shape index (κ1) is 9.20.